The van der Waals surface area contributed by atoms with Crippen LogP contribution in [0.25, 0.3) is 0 Å². The molecule has 5 heteroatoms. The van der Waals surface area contributed by atoms with Crippen molar-refractivity contribution in [2.45, 2.75) is 31.5 Å². The maximum Gasteiger partial charge on any atom is 0.259 e. The normalized spacial score (nSPS) is 14.1. The van der Waals surface area contributed by atoms with Gasteiger partial charge in [0.2, 0.25) is 0 Å². The Morgan fingerprint density at radius 2 is 2.10 bits per heavy atom. The van der Waals surface area contributed by atoms with Crippen LogP contribution in [0.4, 0.5) is 0 Å². The average molecular weight is 307 g/mol. The number of hydrogen-bond donors (Lipinski definition) is 0. The summed E-state index contributed by atoms with van der Waals surface area (Å²) in [6.07, 6.45) is 1.54. The predicted octanol–water partition coefficient (Wildman–Crippen LogP) is 3.29. The summed E-state index contributed by atoms with van der Waals surface area (Å²) in [6.45, 7) is 2.79. The van der Waals surface area contributed by atoms with E-state index in [9.17, 15) is 4.79 Å². The summed E-state index contributed by atoms with van der Waals surface area (Å²) in [7, 11) is 0. The summed E-state index contributed by atoms with van der Waals surface area (Å²) in [6, 6.07) is 8.15. The molecule has 0 saturated carbocycles. The van der Waals surface area contributed by atoms with E-state index in [1.807, 2.05) is 31.2 Å². The van der Waals surface area contributed by atoms with Crippen LogP contribution in [-0.2, 0) is 13.0 Å². The van der Waals surface area contributed by atoms with Crippen LogP contribution in [0.5, 0.6) is 0 Å². The Balaban J connectivity index is 2.01. The highest BCUT2D eigenvalue weighted by Gasteiger charge is 2.18. The van der Waals surface area contributed by atoms with Crippen LogP contribution in [-0.4, -0.2) is 15.3 Å². The van der Waals surface area contributed by atoms with Crippen molar-refractivity contribution in [2.24, 2.45) is 0 Å². The molecule has 0 radical (unpaired) electrons. The van der Waals surface area contributed by atoms with Crippen LogP contribution in [0, 0.1) is 6.92 Å². The third-order valence-corrected chi connectivity index (χ3v) is 4.81. The van der Waals surface area contributed by atoms with Crippen molar-refractivity contribution in [2.75, 3.05) is 5.75 Å². The molecule has 2 heterocycles. The van der Waals surface area contributed by atoms with Gasteiger partial charge in [0.25, 0.3) is 5.56 Å². The Kier molecular flexibility index (Phi) is 3.85. The smallest absolute Gasteiger partial charge is 0.259 e. The molecule has 0 N–H and O–H groups in total. The minimum Gasteiger partial charge on any atom is -0.287 e. The minimum atomic E-state index is 0.00720. The van der Waals surface area contributed by atoms with Gasteiger partial charge in [-0.05, 0) is 18.9 Å². The molecule has 0 atom stereocenters. The Labute approximate surface area is 127 Å². The first-order valence-corrected chi connectivity index (χ1v) is 7.99. The summed E-state index contributed by atoms with van der Waals surface area (Å²) < 4.78 is 1.75. The van der Waals surface area contributed by atoms with E-state index in [2.05, 4.69) is 4.98 Å². The van der Waals surface area contributed by atoms with Gasteiger partial charge in [0.1, 0.15) is 5.15 Å². The maximum atomic E-state index is 12.5. The highest BCUT2D eigenvalue weighted by atomic mass is 35.5. The number of fused-ring (bicyclic) bond motifs is 1. The minimum absolute atomic E-state index is 0.00720. The zero-order valence-corrected chi connectivity index (χ0v) is 12.8. The van der Waals surface area contributed by atoms with Gasteiger partial charge in [-0.3, -0.25) is 9.36 Å². The summed E-state index contributed by atoms with van der Waals surface area (Å²) in [4.78, 5) is 16.9. The third-order valence-electron chi connectivity index (χ3n) is 3.44. The maximum absolute atomic E-state index is 12.5. The molecule has 1 aromatic heterocycles. The van der Waals surface area contributed by atoms with Crippen molar-refractivity contribution in [3.63, 3.8) is 0 Å². The predicted molar refractivity (Wildman–Crippen MR) is 82.8 cm³/mol. The summed E-state index contributed by atoms with van der Waals surface area (Å²) >= 11 is 7.81. The zero-order chi connectivity index (χ0) is 14.1. The Morgan fingerprint density at radius 1 is 1.35 bits per heavy atom. The number of aryl methyl sites for hydroxylation is 1. The van der Waals surface area contributed by atoms with Gasteiger partial charge >= 0.3 is 0 Å². The summed E-state index contributed by atoms with van der Waals surface area (Å²) in [5.41, 5.74) is 2.89. The molecule has 0 saturated heterocycles. The number of halogens is 1. The van der Waals surface area contributed by atoms with Crippen molar-refractivity contribution in [1.29, 1.82) is 0 Å². The molecule has 0 amide bonds. The first kappa shape index (κ1) is 13.7. The van der Waals surface area contributed by atoms with Crippen LogP contribution in [0.3, 0.4) is 0 Å². The number of nitrogens with zero attached hydrogens (tertiary/aromatic N) is 2. The molecular formula is C15H15ClN2OS. The van der Waals surface area contributed by atoms with Crippen molar-refractivity contribution in [3.05, 3.63) is 56.5 Å². The fraction of sp³-hybridized carbons (Fsp3) is 0.333. The molecule has 104 valence electrons. The van der Waals surface area contributed by atoms with E-state index in [1.54, 1.807) is 16.3 Å². The zero-order valence-electron chi connectivity index (χ0n) is 11.2. The van der Waals surface area contributed by atoms with Gasteiger partial charge in [-0.2, -0.15) is 0 Å². The van der Waals surface area contributed by atoms with Crippen molar-refractivity contribution >= 4 is 23.4 Å². The van der Waals surface area contributed by atoms with Gasteiger partial charge in [-0.1, -0.05) is 53.2 Å². The fourth-order valence-electron chi connectivity index (χ4n) is 2.30. The van der Waals surface area contributed by atoms with Crippen LogP contribution >= 0.6 is 23.4 Å². The van der Waals surface area contributed by atoms with Gasteiger partial charge in [0.05, 0.1) is 5.56 Å². The molecule has 1 aliphatic heterocycles. The second-order valence-electron chi connectivity index (χ2n) is 4.98. The lowest BCUT2D eigenvalue weighted by Gasteiger charge is -2.18. The van der Waals surface area contributed by atoms with E-state index in [-0.39, 0.29) is 5.56 Å². The number of benzene rings is 1. The number of thioether (sulfide) groups is 1. The molecule has 2 aromatic rings. The lowest BCUT2D eigenvalue weighted by molar-refractivity contribution is 0.557. The van der Waals surface area contributed by atoms with E-state index in [1.165, 1.54) is 5.56 Å². The van der Waals surface area contributed by atoms with Gasteiger partial charge < -0.3 is 0 Å². The SMILES string of the molecule is Cc1ccc(Cc2c(Cl)nc3n(c2=O)CCCS3)cc1. The van der Waals surface area contributed by atoms with Crippen LogP contribution in [0.15, 0.2) is 34.2 Å². The topological polar surface area (TPSA) is 34.9 Å². The molecule has 1 aliphatic rings. The Morgan fingerprint density at radius 3 is 2.85 bits per heavy atom. The summed E-state index contributed by atoms with van der Waals surface area (Å²) in [5.74, 6) is 1.00. The van der Waals surface area contributed by atoms with E-state index < -0.39 is 0 Å². The molecule has 0 fully saturated rings. The van der Waals surface area contributed by atoms with E-state index >= 15 is 0 Å². The van der Waals surface area contributed by atoms with Crippen molar-refractivity contribution in [3.8, 4) is 0 Å². The molecular weight excluding hydrogens is 292 g/mol. The Hall–Kier alpha value is -1.26. The number of aromatic nitrogens is 2. The second kappa shape index (κ2) is 5.62. The molecule has 0 bridgehead atoms. The van der Waals surface area contributed by atoms with Gasteiger partial charge in [0.15, 0.2) is 5.16 Å². The standard InChI is InChI=1S/C15H15ClN2OS/c1-10-3-5-11(6-4-10)9-12-13(16)17-15-18(14(12)19)7-2-8-20-15/h3-6H,2,7-9H2,1H3. The van der Waals surface area contributed by atoms with Crippen LogP contribution < -0.4 is 5.56 Å². The molecule has 3 nitrogen and oxygen atoms in total. The van der Waals surface area contributed by atoms with Crippen molar-refractivity contribution < 1.29 is 0 Å². The highest BCUT2D eigenvalue weighted by Crippen LogP contribution is 2.24. The first-order chi connectivity index (χ1) is 9.65. The third kappa shape index (κ3) is 2.63. The average Bonchev–Trinajstić information content (AvgIpc) is 2.45. The summed E-state index contributed by atoms with van der Waals surface area (Å²) in [5, 5.41) is 1.09. The van der Waals surface area contributed by atoms with Gasteiger partial charge in [0, 0.05) is 18.7 Å². The van der Waals surface area contributed by atoms with E-state index in [0.29, 0.717) is 17.1 Å². The van der Waals surface area contributed by atoms with Gasteiger partial charge in [-0.25, -0.2) is 4.98 Å². The van der Waals surface area contributed by atoms with E-state index in [4.69, 9.17) is 11.6 Å². The highest BCUT2D eigenvalue weighted by molar-refractivity contribution is 7.99. The van der Waals surface area contributed by atoms with Crippen LogP contribution in [0.2, 0.25) is 5.15 Å². The second-order valence-corrected chi connectivity index (χ2v) is 6.41. The monoisotopic (exact) mass is 306 g/mol. The molecule has 20 heavy (non-hydrogen) atoms. The molecule has 0 aliphatic carbocycles. The number of rotatable bonds is 2. The molecule has 0 spiro atoms. The molecule has 1 aromatic carbocycles. The largest absolute Gasteiger partial charge is 0.287 e. The quantitative estimate of drug-likeness (QED) is 0.631. The van der Waals surface area contributed by atoms with E-state index in [0.717, 1.165) is 29.4 Å². The van der Waals surface area contributed by atoms with Crippen molar-refractivity contribution in [1.82, 2.24) is 9.55 Å². The first-order valence-electron chi connectivity index (χ1n) is 6.63. The fourth-order valence-corrected chi connectivity index (χ4v) is 3.52. The lowest BCUT2D eigenvalue weighted by atomic mass is 10.1. The Bertz CT molecular complexity index is 694. The number of hydrogen-bond acceptors (Lipinski definition) is 3. The molecule has 0 unspecified atom stereocenters. The molecule has 3 rings (SSSR count). The lowest BCUT2D eigenvalue weighted by Crippen LogP contribution is -2.29. The van der Waals surface area contributed by atoms with Crippen LogP contribution in [0.1, 0.15) is 23.1 Å². The van der Waals surface area contributed by atoms with Gasteiger partial charge in [-0.15, -0.1) is 0 Å².